The highest BCUT2D eigenvalue weighted by Gasteiger charge is 2.25. The van der Waals surface area contributed by atoms with Gasteiger partial charge in [-0.15, -0.1) is 0 Å². The van der Waals surface area contributed by atoms with Gasteiger partial charge in [-0.1, -0.05) is 146 Å². The number of hydrogen-bond acceptors (Lipinski definition) is 2. The Morgan fingerprint density at radius 2 is 0.981 bits per heavy atom. The zero-order chi connectivity index (χ0) is 33.9. The molecular formula is C48H28N4. The molecule has 12 aromatic rings. The maximum Gasteiger partial charge on any atom is 0.165 e. The summed E-state index contributed by atoms with van der Waals surface area (Å²) in [5, 5.41) is 9.67. The van der Waals surface area contributed by atoms with Crippen molar-refractivity contribution >= 4 is 81.7 Å². The van der Waals surface area contributed by atoms with E-state index >= 15 is 0 Å². The van der Waals surface area contributed by atoms with Crippen molar-refractivity contribution in [2.24, 2.45) is 0 Å². The van der Waals surface area contributed by atoms with Crippen LogP contribution in [0, 0.1) is 0 Å². The van der Waals surface area contributed by atoms with Crippen LogP contribution in [-0.4, -0.2) is 18.9 Å². The first kappa shape index (κ1) is 27.7. The van der Waals surface area contributed by atoms with Crippen LogP contribution >= 0.6 is 0 Å². The van der Waals surface area contributed by atoms with Crippen LogP contribution < -0.4 is 0 Å². The second-order valence-electron chi connectivity index (χ2n) is 13.7. The lowest BCUT2D eigenvalue weighted by molar-refractivity contribution is 1.08. The minimum atomic E-state index is 0.824. The molecule has 52 heavy (non-hydrogen) atoms. The van der Waals surface area contributed by atoms with Crippen LogP contribution in [0.1, 0.15) is 0 Å². The van der Waals surface area contributed by atoms with Gasteiger partial charge in [-0.25, -0.2) is 9.97 Å². The normalized spacial score (nSPS) is 12.2. The van der Waals surface area contributed by atoms with E-state index in [-0.39, 0.29) is 0 Å². The van der Waals surface area contributed by atoms with E-state index in [1.54, 1.807) is 0 Å². The van der Waals surface area contributed by atoms with Crippen LogP contribution in [0.15, 0.2) is 170 Å². The summed E-state index contributed by atoms with van der Waals surface area (Å²) >= 11 is 0. The third-order valence-corrected chi connectivity index (χ3v) is 11.0. The lowest BCUT2D eigenvalue weighted by Gasteiger charge is -2.15. The topological polar surface area (TPSA) is 35.1 Å². The highest BCUT2D eigenvalue weighted by molar-refractivity contribution is 6.32. The summed E-state index contributed by atoms with van der Waals surface area (Å²) in [6, 6.07) is 61.0. The summed E-state index contributed by atoms with van der Waals surface area (Å²) in [6.07, 6.45) is 0. The Balaban J connectivity index is 1.31. The first-order valence-electron chi connectivity index (χ1n) is 17.8. The van der Waals surface area contributed by atoms with E-state index in [4.69, 9.17) is 9.97 Å². The van der Waals surface area contributed by atoms with E-state index in [2.05, 4.69) is 179 Å². The smallest absolute Gasteiger partial charge is 0.165 e. The lowest BCUT2D eigenvalue weighted by Crippen LogP contribution is -2.04. The van der Waals surface area contributed by atoms with Crippen LogP contribution in [0.25, 0.3) is 110 Å². The number of aromatic nitrogens is 4. The van der Waals surface area contributed by atoms with Crippen molar-refractivity contribution < 1.29 is 0 Å². The quantitative estimate of drug-likeness (QED) is 0.177. The maximum atomic E-state index is 5.52. The molecule has 0 saturated carbocycles. The van der Waals surface area contributed by atoms with Gasteiger partial charge in [0, 0.05) is 43.4 Å². The molecule has 0 unspecified atom stereocenters. The van der Waals surface area contributed by atoms with Crippen molar-refractivity contribution in [3.05, 3.63) is 170 Å². The third kappa shape index (κ3) is 3.60. The molecular weight excluding hydrogens is 633 g/mol. The van der Waals surface area contributed by atoms with Gasteiger partial charge < -0.3 is 4.40 Å². The highest BCUT2D eigenvalue weighted by atomic mass is 15.1. The third-order valence-electron chi connectivity index (χ3n) is 11.0. The van der Waals surface area contributed by atoms with E-state index in [1.165, 1.54) is 60.0 Å². The van der Waals surface area contributed by atoms with E-state index in [0.29, 0.717) is 0 Å². The molecule has 0 aliphatic rings. The molecule has 0 amide bonds. The summed E-state index contributed by atoms with van der Waals surface area (Å²) in [5.74, 6) is 0.824. The van der Waals surface area contributed by atoms with Crippen LogP contribution in [0.4, 0.5) is 0 Å². The molecule has 4 heteroatoms. The molecule has 4 aromatic heterocycles. The van der Waals surface area contributed by atoms with Crippen LogP contribution in [0.3, 0.4) is 0 Å². The molecule has 0 bridgehead atoms. The fourth-order valence-electron chi connectivity index (χ4n) is 8.88. The van der Waals surface area contributed by atoms with Gasteiger partial charge in [0.1, 0.15) is 5.69 Å². The monoisotopic (exact) mass is 660 g/mol. The molecule has 0 spiro atoms. The molecule has 0 atom stereocenters. The van der Waals surface area contributed by atoms with E-state index in [1.807, 2.05) is 0 Å². The second kappa shape index (κ2) is 10.3. The molecule has 4 nitrogen and oxygen atoms in total. The Hall–Kier alpha value is -7.04. The number of fused-ring (bicyclic) bond motifs is 8. The number of nitrogens with zero attached hydrogens (tertiary/aromatic N) is 4. The average Bonchev–Trinajstić information content (AvgIpc) is 3.70. The van der Waals surface area contributed by atoms with Gasteiger partial charge in [0.15, 0.2) is 5.82 Å². The van der Waals surface area contributed by atoms with Crippen molar-refractivity contribution in [3.63, 3.8) is 0 Å². The predicted octanol–water partition coefficient (Wildman–Crippen LogP) is 12.4. The molecule has 0 N–H and O–H groups in total. The Labute approximate surface area is 297 Å². The molecule has 12 rings (SSSR count). The number of rotatable bonds is 3. The maximum absolute atomic E-state index is 5.52. The summed E-state index contributed by atoms with van der Waals surface area (Å²) in [5.41, 5.74) is 11.9. The summed E-state index contributed by atoms with van der Waals surface area (Å²) in [7, 11) is 0. The van der Waals surface area contributed by atoms with Crippen molar-refractivity contribution in [3.8, 4) is 28.2 Å². The standard InChI is InChI=1S/C48H28N4/c1-3-13-29(14-4-1)33-19-9-22-36-37-23-10-21-35-34-20-11-24-39-42(34)43-40(25-12-26-41(43)52(46(33)36)47(35)37)51(39)48-44(31-16-5-2-6-17-31)50-45-32-18-8-7-15-30(32)27-28-38(45)49-48/h1-28H. The fraction of sp³-hybridized carbons (Fsp3) is 0. The minimum Gasteiger partial charge on any atom is -0.307 e. The van der Waals surface area contributed by atoms with E-state index in [0.717, 1.165) is 49.9 Å². The zero-order valence-electron chi connectivity index (χ0n) is 28.0. The van der Waals surface area contributed by atoms with Crippen molar-refractivity contribution in [1.29, 1.82) is 0 Å². The first-order chi connectivity index (χ1) is 25.8. The minimum absolute atomic E-state index is 0.824. The van der Waals surface area contributed by atoms with E-state index in [9.17, 15) is 0 Å². The molecule has 0 aliphatic heterocycles. The van der Waals surface area contributed by atoms with Gasteiger partial charge in [-0.05, 0) is 40.6 Å². The summed E-state index contributed by atoms with van der Waals surface area (Å²) < 4.78 is 4.89. The lowest BCUT2D eigenvalue weighted by atomic mass is 10.0. The molecule has 0 radical (unpaired) electrons. The molecule has 240 valence electrons. The van der Waals surface area contributed by atoms with Crippen molar-refractivity contribution in [2.45, 2.75) is 0 Å². The predicted molar refractivity (Wildman–Crippen MR) is 217 cm³/mol. The largest absolute Gasteiger partial charge is 0.307 e. The number of para-hydroxylation sites is 2. The Morgan fingerprint density at radius 1 is 0.385 bits per heavy atom. The molecule has 8 aromatic carbocycles. The second-order valence-corrected chi connectivity index (χ2v) is 13.7. The van der Waals surface area contributed by atoms with Gasteiger partial charge in [0.2, 0.25) is 0 Å². The van der Waals surface area contributed by atoms with Crippen LogP contribution in [0.2, 0.25) is 0 Å². The fourth-order valence-corrected chi connectivity index (χ4v) is 8.88. The Kier molecular flexibility index (Phi) is 5.47. The van der Waals surface area contributed by atoms with E-state index < -0.39 is 0 Å². The van der Waals surface area contributed by atoms with Gasteiger partial charge in [-0.2, -0.15) is 0 Å². The molecule has 0 fully saturated rings. The highest BCUT2D eigenvalue weighted by Crippen LogP contribution is 2.46. The van der Waals surface area contributed by atoms with Crippen molar-refractivity contribution in [1.82, 2.24) is 18.9 Å². The summed E-state index contributed by atoms with van der Waals surface area (Å²) in [4.78, 5) is 11.0. The zero-order valence-corrected chi connectivity index (χ0v) is 28.0. The van der Waals surface area contributed by atoms with Gasteiger partial charge in [-0.3, -0.25) is 4.57 Å². The molecule has 0 aliphatic carbocycles. The average molecular weight is 661 g/mol. The summed E-state index contributed by atoms with van der Waals surface area (Å²) in [6.45, 7) is 0. The Morgan fingerprint density at radius 3 is 1.81 bits per heavy atom. The van der Waals surface area contributed by atoms with Crippen LogP contribution in [-0.2, 0) is 0 Å². The number of hydrogen-bond donors (Lipinski definition) is 0. The molecule has 0 saturated heterocycles. The SMILES string of the molecule is c1ccc(-c2nc3c(ccc4ccccc43)nc2-n2c3cccc4c5cccc6c7cccc(-c8ccccc8)c7n(c7cccc2c7c43)c56)cc1. The molecule has 4 heterocycles. The Bertz CT molecular complexity index is 3390. The first-order valence-corrected chi connectivity index (χ1v) is 17.8. The van der Waals surface area contributed by atoms with Gasteiger partial charge >= 0.3 is 0 Å². The van der Waals surface area contributed by atoms with Crippen LogP contribution in [0.5, 0.6) is 0 Å². The number of benzene rings is 8. The van der Waals surface area contributed by atoms with Gasteiger partial charge in [0.25, 0.3) is 0 Å². The van der Waals surface area contributed by atoms with Crippen molar-refractivity contribution in [2.75, 3.05) is 0 Å². The van der Waals surface area contributed by atoms with Gasteiger partial charge in [0.05, 0.1) is 38.6 Å².